The summed E-state index contributed by atoms with van der Waals surface area (Å²) in [5, 5.41) is 1.21. The molecule has 0 aromatic heterocycles. The second-order valence-electron chi connectivity index (χ2n) is 2.35. The summed E-state index contributed by atoms with van der Waals surface area (Å²) in [5.41, 5.74) is 0. The molecule has 0 fully saturated rings. The molecule has 0 aliphatic rings. The zero-order chi connectivity index (χ0) is 11.6. The molecule has 0 saturated carbocycles. The Morgan fingerprint density at radius 3 is 1.86 bits per heavy atom. The minimum absolute atomic E-state index is 0.00694. The van der Waals surface area contributed by atoms with E-state index in [9.17, 15) is 9.59 Å². The van der Waals surface area contributed by atoms with Crippen molar-refractivity contribution in [2.45, 2.75) is 27.2 Å². The van der Waals surface area contributed by atoms with Gasteiger partial charge in [-0.15, -0.1) is 0 Å². The molecule has 0 bridgehead atoms. The summed E-state index contributed by atoms with van der Waals surface area (Å²) in [6.07, 6.45) is 0.490. The van der Waals surface area contributed by atoms with Crippen molar-refractivity contribution >= 4 is 11.9 Å². The molecule has 0 N–H and O–H groups in total. The maximum atomic E-state index is 10.5. The van der Waals surface area contributed by atoms with Crippen LogP contribution in [0.2, 0.25) is 0 Å². The van der Waals surface area contributed by atoms with E-state index in [4.69, 9.17) is 0 Å². The first-order valence-electron chi connectivity index (χ1n) is 4.43. The third-order valence-corrected chi connectivity index (χ3v) is 1.28. The summed E-state index contributed by atoms with van der Waals surface area (Å²) in [6.45, 7) is 5.44. The molecule has 0 aliphatic carbocycles. The van der Waals surface area contributed by atoms with Crippen molar-refractivity contribution in [1.29, 1.82) is 0 Å². The van der Waals surface area contributed by atoms with Crippen molar-refractivity contribution in [1.82, 2.24) is 5.06 Å². The van der Waals surface area contributed by atoms with E-state index in [1.54, 1.807) is 20.9 Å². The number of hydrogen-bond donors (Lipinski definition) is 0. The fourth-order valence-electron chi connectivity index (χ4n) is 0.528. The van der Waals surface area contributed by atoms with E-state index in [0.29, 0.717) is 13.0 Å². The minimum atomic E-state index is -0.211. The number of esters is 1. The summed E-state index contributed by atoms with van der Waals surface area (Å²) < 4.78 is 4.40. The Kier molecular flexibility index (Phi) is 11.0. The molecule has 0 spiro atoms. The van der Waals surface area contributed by atoms with Crippen LogP contribution in [0.3, 0.4) is 0 Å². The van der Waals surface area contributed by atoms with E-state index < -0.39 is 0 Å². The highest BCUT2D eigenvalue weighted by atomic mass is 16.7. The standard InChI is InChI=1S/C5H11NO2.C4H8O2/c1-4-5(7)6(2)8-3;1-3-6-4(2)5/h4H2,1-3H3;3H2,1-2H3. The number of rotatable bonds is 3. The van der Waals surface area contributed by atoms with Gasteiger partial charge in [0.2, 0.25) is 5.91 Å². The maximum Gasteiger partial charge on any atom is 0.302 e. The summed E-state index contributed by atoms with van der Waals surface area (Å²) in [5.74, 6) is -0.218. The maximum absolute atomic E-state index is 10.5. The molecule has 0 atom stereocenters. The first-order valence-corrected chi connectivity index (χ1v) is 4.43. The molecule has 84 valence electrons. The number of amides is 1. The highest BCUT2D eigenvalue weighted by molar-refractivity contribution is 5.74. The van der Waals surface area contributed by atoms with E-state index in [-0.39, 0.29) is 11.9 Å². The molecule has 0 saturated heterocycles. The molecular weight excluding hydrogens is 186 g/mol. The molecule has 0 radical (unpaired) electrons. The lowest BCUT2D eigenvalue weighted by Gasteiger charge is -2.10. The van der Waals surface area contributed by atoms with E-state index in [0.717, 1.165) is 0 Å². The van der Waals surface area contributed by atoms with E-state index in [2.05, 4.69) is 9.57 Å². The molecule has 0 aromatic rings. The van der Waals surface area contributed by atoms with Gasteiger partial charge in [-0.05, 0) is 6.92 Å². The van der Waals surface area contributed by atoms with Gasteiger partial charge in [-0.1, -0.05) is 6.92 Å². The second-order valence-corrected chi connectivity index (χ2v) is 2.35. The van der Waals surface area contributed by atoms with Crippen LogP contribution in [0.25, 0.3) is 0 Å². The van der Waals surface area contributed by atoms with Gasteiger partial charge >= 0.3 is 5.97 Å². The number of hydroxylamine groups is 2. The number of carbonyl (C=O) groups excluding carboxylic acids is 2. The Labute approximate surface area is 84.9 Å². The van der Waals surface area contributed by atoms with E-state index in [1.165, 1.54) is 19.1 Å². The Morgan fingerprint density at radius 1 is 1.29 bits per heavy atom. The molecule has 14 heavy (non-hydrogen) atoms. The highest BCUT2D eigenvalue weighted by Crippen LogP contribution is 1.86. The van der Waals surface area contributed by atoms with Gasteiger partial charge in [-0.2, -0.15) is 0 Å². The first-order chi connectivity index (χ1) is 6.49. The lowest BCUT2D eigenvalue weighted by molar-refractivity contribution is -0.168. The number of nitrogens with zero attached hydrogens (tertiary/aromatic N) is 1. The number of hydrogen-bond acceptors (Lipinski definition) is 4. The van der Waals surface area contributed by atoms with Gasteiger partial charge in [0, 0.05) is 20.4 Å². The van der Waals surface area contributed by atoms with Crippen LogP contribution < -0.4 is 0 Å². The van der Waals surface area contributed by atoms with Crippen LogP contribution in [0.4, 0.5) is 0 Å². The van der Waals surface area contributed by atoms with Gasteiger partial charge in [0.1, 0.15) is 0 Å². The Balaban J connectivity index is 0. The average Bonchev–Trinajstić information content (AvgIpc) is 2.16. The van der Waals surface area contributed by atoms with E-state index >= 15 is 0 Å². The predicted octanol–water partition coefficient (Wildman–Crippen LogP) is 0.986. The molecule has 0 unspecified atom stereocenters. The Bertz CT molecular complexity index is 170. The summed E-state index contributed by atoms with van der Waals surface area (Å²) in [6, 6.07) is 0. The van der Waals surface area contributed by atoms with Gasteiger partial charge in [-0.3, -0.25) is 14.4 Å². The molecule has 5 nitrogen and oxygen atoms in total. The van der Waals surface area contributed by atoms with Gasteiger partial charge in [0.25, 0.3) is 0 Å². The fraction of sp³-hybridized carbons (Fsp3) is 0.778. The normalized spacial score (nSPS) is 8.36. The van der Waals surface area contributed by atoms with Crippen molar-refractivity contribution in [3.8, 4) is 0 Å². The van der Waals surface area contributed by atoms with Crippen LogP contribution >= 0.6 is 0 Å². The van der Waals surface area contributed by atoms with Crippen molar-refractivity contribution in [3.63, 3.8) is 0 Å². The molecule has 5 heteroatoms. The monoisotopic (exact) mass is 205 g/mol. The third kappa shape index (κ3) is 10.9. The lowest BCUT2D eigenvalue weighted by Crippen LogP contribution is -2.23. The number of ether oxygens (including phenoxy) is 1. The van der Waals surface area contributed by atoms with Crippen LogP contribution in [0.15, 0.2) is 0 Å². The zero-order valence-corrected chi connectivity index (χ0v) is 9.49. The van der Waals surface area contributed by atoms with Gasteiger partial charge in [0.05, 0.1) is 13.7 Å². The second kappa shape index (κ2) is 9.98. The molecule has 0 heterocycles. The molecule has 1 amide bonds. The molecule has 0 aromatic carbocycles. The molecular formula is C9H19NO4. The molecule has 0 aliphatic heterocycles. The minimum Gasteiger partial charge on any atom is -0.466 e. The average molecular weight is 205 g/mol. The summed E-state index contributed by atoms with van der Waals surface area (Å²) in [4.78, 5) is 25.0. The topological polar surface area (TPSA) is 55.8 Å². The van der Waals surface area contributed by atoms with Crippen LogP contribution in [-0.4, -0.2) is 37.7 Å². The SMILES string of the molecule is CCC(=O)N(C)OC.CCOC(C)=O. The largest absolute Gasteiger partial charge is 0.466 e. The van der Waals surface area contributed by atoms with Crippen LogP contribution in [0.5, 0.6) is 0 Å². The smallest absolute Gasteiger partial charge is 0.302 e. The van der Waals surface area contributed by atoms with Crippen LogP contribution in [0.1, 0.15) is 27.2 Å². The van der Waals surface area contributed by atoms with Gasteiger partial charge < -0.3 is 4.74 Å². The van der Waals surface area contributed by atoms with Crippen molar-refractivity contribution in [3.05, 3.63) is 0 Å². The summed E-state index contributed by atoms with van der Waals surface area (Å²) >= 11 is 0. The zero-order valence-electron chi connectivity index (χ0n) is 9.49. The fourth-order valence-corrected chi connectivity index (χ4v) is 0.528. The van der Waals surface area contributed by atoms with Crippen molar-refractivity contribution < 1.29 is 19.2 Å². The summed E-state index contributed by atoms with van der Waals surface area (Å²) in [7, 11) is 3.05. The van der Waals surface area contributed by atoms with Crippen molar-refractivity contribution in [2.75, 3.05) is 20.8 Å². The van der Waals surface area contributed by atoms with Crippen LogP contribution in [-0.2, 0) is 19.2 Å². The van der Waals surface area contributed by atoms with Crippen molar-refractivity contribution in [2.24, 2.45) is 0 Å². The first kappa shape index (κ1) is 15.4. The van der Waals surface area contributed by atoms with Gasteiger partial charge in [0.15, 0.2) is 0 Å². The Hall–Kier alpha value is -1.10. The third-order valence-electron chi connectivity index (χ3n) is 1.28. The predicted molar refractivity (Wildman–Crippen MR) is 52.4 cm³/mol. The highest BCUT2D eigenvalue weighted by Gasteiger charge is 2.01. The van der Waals surface area contributed by atoms with E-state index in [1.807, 2.05) is 0 Å². The van der Waals surface area contributed by atoms with Gasteiger partial charge in [-0.25, -0.2) is 5.06 Å². The Morgan fingerprint density at radius 2 is 1.79 bits per heavy atom. The molecule has 0 rings (SSSR count). The quantitative estimate of drug-likeness (QED) is 0.509. The number of carbonyl (C=O) groups is 2. The lowest BCUT2D eigenvalue weighted by atomic mass is 10.5. The van der Waals surface area contributed by atoms with Crippen LogP contribution in [0, 0.1) is 0 Å².